The zero-order chi connectivity index (χ0) is 19.1. The summed E-state index contributed by atoms with van der Waals surface area (Å²) in [6, 6.07) is 7.68. The van der Waals surface area contributed by atoms with Gasteiger partial charge in [-0.25, -0.2) is 0 Å². The topological polar surface area (TPSA) is 70.7 Å². The number of morpholine rings is 1. The third-order valence-corrected chi connectivity index (χ3v) is 5.41. The van der Waals surface area contributed by atoms with Gasteiger partial charge in [0.15, 0.2) is 0 Å². The van der Waals surface area contributed by atoms with Crippen molar-refractivity contribution < 1.29 is 14.3 Å². The number of amides is 2. The first-order chi connectivity index (χ1) is 13.1. The van der Waals surface area contributed by atoms with Crippen molar-refractivity contribution in [2.75, 3.05) is 43.1 Å². The lowest BCUT2D eigenvalue weighted by molar-refractivity contribution is -0.116. The van der Waals surface area contributed by atoms with E-state index in [1.165, 1.54) is 11.3 Å². The van der Waals surface area contributed by atoms with Gasteiger partial charge in [0.2, 0.25) is 5.91 Å². The number of nitrogens with zero attached hydrogens (tertiary/aromatic N) is 1. The van der Waals surface area contributed by atoms with Gasteiger partial charge in [-0.2, -0.15) is 11.3 Å². The Morgan fingerprint density at radius 2 is 2.04 bits per heavy atom. The van der Waals surface area contributed by atoms with Gasteiger partial charge < -0.3 is 20.3 Å². The molecule has 1 aliphatic rings. The lowest BCUT2D eigenvalue weighted by Gasteiger charge is -2.30. The third-order valence-electron chi connectivity index (χ3n) is 4.23. The standard InChI is InChI=1S/C19H22BrN3O3S/c20-15-3-4-17(23-7-9-26-10-8-23)16(12-15)22-18(24)2-1-6-21-19(25)14-5-11-27-13-14/h3-5,11-13H,1-2,6-10H2,(H,21,25)(H,22,24). The van der Waals surface area contributed by atoms with Crippen LogP contribution in [-0.4, -0.2) is 44.7 Å². The molecular weight excluding hydrogens is 430 g/mol. The van der Waals surface area contributed by atoms with E-state index in [-0.39, 0.29) is 11.8 Å². The van der Waals surface area contributed by atoms with Gasteiger partial charge in [0.25, 0.3) is 5.91 Å². The highest BCUT2D eigenvalue weighted by Crippen LogP contribution is 2.30. The number of hydrogen-bond donors (Lipinski definition) is 2. The van der Waals surface area contributed by atoms with E-state index in [0.29, 0.717) is 38.2 Å². The second kappa shape index (κ2) is 9.87. The Morgan fingerprint density at radius 3 is 2.78 bits per heavy atom. The van der Waals surface area contributed by atoms with Gasteiger partial charge in [0.1, 0.15) is 0 Å². The van der Waals surface area contributed by atoms with Crippen LogP contribution in [0, 0.1) is 0 Å². The summed E-state index contributed by atoms with van der Waals surface area (Å²) in [4.78, 5) is 26.4. The first kappa shape index (κ1) is 19.9. The van der Waals surface area contributed by atoms with E-state index in [1.807, 2.05) is 29.0 Å². The lowest BCUT2D eigenvalue weighted by atomic mass is 10.2. The molecule has 1 aliphatic heterocycles. The summed E-state index contributed by atoms with van der Waals surface area (Å²) in [7, 11) is 0. The fourth-order valence-corrected chi connectivity index (χ4v) is 3.84. The maximum atomic E-state index is 12.4. The molecule has 8 heteroatoms. The fourth-order valence-electron chi connectivity index (χ4n) is 2.85. The number of nitrogens with one attached hydrogen (secondary N) is 2. The first-order valence-electron chi connectivity index (χ1n) is 8.86. The molecule has 0 radical (unpaired) electrons. The van der Waals surface area contributed by atoms with Crippen LogP contribution in [0.15, 0.2) is 39.5 Å². The molecule has 1 aromatic heterocycles. The number of hydrogen-bond acceptors (Lipinski definition) is 5. The van der Waals surface area contributed by atoms with Gasteiger partial charge in [-0.1, -0.05) is 15.9 Å². The van der Waals surface area contributed by atoms with Crippen molar-refractivity contribution in [3.63, 3.8) is 0 Å². The van der Waals surface area contributed by atoms with E-state index in [9.17, 15) is 9.59 Å². The number of thiophene rings is 1. The summed E-state index contributed by atoms with van der Waals surface area (Å²) in [5.74, 6) is -0.161. The zero-order valence-corrected chi connectivity index (χ0v) is 17.3. The normalized spacial score (nSPS) is 14.0. The minimum Gasteiger partial charge on any atom is -0.378 e. The molecule has 3 rings (SSSR count). The third kappa shape index (κ3) is 5.79. The van der Waals surface area contributed by atoms with Crippen molar-refractivity contribution in [2.45, 2.75) is 12.8 Å². The molecule has 2 amide bonds. The van der Waals surface area contributed by atoms with Crippen LogP contribution in [0.4, 0.5) is 11.4 Å². The lowest BCUT2D eigenvalue weighted by Crippen LogP contribution is -2.36. The van der Waals surface area contributed by atoms with Crippen LogP contribution < -0.4 is 15.5 Å². The average molecular weight is 452 g/mol. The highest BCUT2D eigenvalue weighted by molar-refractivity contribution is 9.10. The van der Waals surface area contributed by atoms with Gasteiger partial charge in [-0.05, 0) is 36.1 Å². The number of rotatable bonds is 7. The summed E-state index contributed by atoms with van der Waals surface area (Å²) in [5, 5.41) is 9.51. The minimum absolute atomic E-state index is 0.0626. The SMILES string of the molecule is O=C(CCCNC(=O)c1ccsc1)Nc1cc(Br)ccc1N1CCOCC1. The van der Waals surface area contributed by atoms with Gasteiger partial charge >= 0.3 is 0 Å². The van der Waals surface area contributed by atoms with Crippen LogP contribution in [0.2, 0.25) is 0 Å². The van der Waals surface area contributed by atoms with Crippen molar-refractivity contribution in [3.8, 4) is 0 Å². The summed E-state index contributed by atoms with van der Waals surface area (Å²) >= 11 is 4.95. The molecule has 0 aliphatic carbocycles. The van der Waals surface area contributed by atoms with E-state index >= 15 is 0 Å². The van der Waals surface area contributed by atoms with Gasteiger partial charge in [-0.3, -0.25) is 9.59 Å². The molecule has 0 bridgehead atoms. The highest BCUT2D eigenvalue weighted by atomic mass is 79.9. The van der Waals surface area contributed by atoms with Gasteiger partial charge in [-0.15, -0.1) is 0 Å². The molecule has 0 saturated carbocycles. The summed E-state index contributed by atoms with van der Waals surface area (Å²) in [5.41, 5.74) is 2.45. The van der Waals surface area contributed by atoms with E-state index in [2.05, 4.69) is 31.5 Å². The zero-order valence-electron chi connectivity index (χ0n) is 14.9. The molecule has 27 heavy (non-hydrogen) atoms. The number of carbonyl (C=O) groups excluding carboxylic acids is 2. The van der Waals surface area contributed by atoms with Crippen LogP contribution in [0.1, 0.15) is 23.2 Å². The number of ether oxygens (including phenoxy) is 1. The van der Waals surface area contributed by atoms with Crippen molar-refractivity contribution in [3.05, 3.63) is 45.1 Å². The number of halogens is 1. The van der Waals surface area contributed by atoms with Crippen LogP contribution in [0.25, 0.3) is 0 Å². The second-order valence-electron chi connectivity index (χ2n) is 6.18. The molecule has 1 fully saturated rings. The maximum absolute atomic E-state index is 12.4. The van der Waals surface area contributed by atoms with Gasteiger partial charge in [0, 0.05) is 41.5 Å². The Bertz CT molecular complexity index is 777. The molecule has 144 valence electrons. The quantitative estimate of drug-likeness (QED) is 0.631. The van der Waals surface area contributed by atoms with E-state index in [1.54, 1.807) is 6.07 Å². The van der Waals surface area contributed by atoms with Crippen LogP contribution in [-0.2, 0) is 9.53 Å². The predicted molar refractivity (Wildman–Crippen MR) is 112 cm³/mol. The van der Waals surface area contributed by atoms with Crippen molar-refractivity contribution in [1.82, 2.24) is 5.32 Å². The molecule has 2 aromatic rings. The fraction of sp³-hybridized carbons (Fsp3) is 0.368. The molecule has 1 saturated heterocycles. The Kier molecular flexibility index (Phi) is 7.25. The predicted octanol–water partition coefficient (Wildman–Crippen LogP) is 3.50. The largest absolute Gasteiger partial charge is 0.378 e. The molecule has 1 aromatic carbocycles. The van der Waals surface area contributed by atoms with Crippen molar-refractivity contribution in [2.24, 2.45) is 0 Å². The van der Waals surface area contributed by atoms with Crippen LogP contribution in [0.5, 0.6) is 0 Å². The van der Waals surface area contributed by atoms with Crippen molar-refractivity contribution in [1.29, 1.82) is 0 Å². The highest BCUT2D eigenvalue weighted by Gasteiger charge is 2.16. The molecular formula is C19H22BrN3O3S. The Hall–Kier alpha value is -1.90. The molecule has 2 heterocycles. The molecule has 0 atom stereocenters. The van der Waals surface area contributed by atoms with E-state index < -0.39 is 0 Å². The molecule has 0 unspecified atom stereocenters. The number of anilines is 2. The van der Waals surface area contributed by atoms with Crippen LogP contribution in [0.3, 0.4) is 0 Å². The summed E-state index contributed by atoms with van der Waals surface area (Å²) in [6.07, 6.45) is 0.932. The molecule has 2 N–H and O–H groups in total. The van der Waals surface area contributed by atoms with Crippen LogP contribution >= 0.6 is 27.3 Å². The molecule has 0 spiro atoms. The van der Waals surface area contributed by atoms with E-state index in [0.717, 1.165) is 28.9 Å². The van der Waals surface area contributed by atoms with E-state index in [4.69, 9.17) is 4.74 Å². The Morgan fingerprint density at radius 1 is 1.22 bits per heavy atom. The number of carbonyl (C=O) groups is 2. The maximum Gasteiger partial charge on any atom is 0.252 e. The molecule has 6 nitrogen and oxygen atoms in total. The summed E-state index contributed by atoms with van der Waals surface area (Å²) in [6.45, 7) is 3.45. The van der Waals surface area contributed by atoms with Crippen molar-refractivity contribution >= 4 is 50.5 Å². The first-order valence-corrected chi connectivity index (χ1v) is 10.6. The summed E-state index contributed by atoms with van der Waals surface area (Å²) < 4.78 is 6.32. The monoisotopic (exact) mass is 451 g/mol. The second-order valence-corrected chi connectivity index (χ2v) is 7.88. The minimum atomic E-state index is -0.0988. The number of benzene rings is 1. The Balaban J connectivity index is 1.50. The smallest absolute Gasteiger partial charge is 0.252 e. The van der Waals surface area contributed by atoms with Gasteiger partial charge in [0.05, 0.1) is 24.6 Å². The average Bonchev–Trinajstić information content (AvgIpc) is 3.21. The Labute approximate surface area is 171 Å².